The average molecular weight is 326 g/mol. The number of nitrogens with zero attached hydrogens (tertiary/aromatic N) is 4. The fraction of sp³-hybridized carbons (Fsp3) is 0.0909. The molecule has 0 fully saturated rings. The lowest BCUT2D eigenvalue weighted by Gasteiger charge is -1.99. The predicted molar refractivity (Wildman–Crippen MR) is 77.8 cm³/mol. The molecular formula is C11H8ClN5O3S. The van der Waals surface area contributed by atoms with Crippen molar-refractivity contribution in [3.63, 3.8) is 0 Å². The van der Waals surface area contributed by atoms with E-state index in [1.165, 1.54) is 24.4 Å². The first-order chi connectivity index (χ1) is 9.99. The van der Waals surface area contributed by atoms with E-state index in [0.717, 1.165) is 11.5 Å². The van der Waals surface area contributed by atoms with E-state index in [1.807, 2.05) is 0 Å². The van der Waals surface area contributed by atoms with Crippen molar-refractivity contribution < 1.29 is 9.72 Å². The van der Waals surface area contributed by atoms with Gasteiger partial charge in [-0.1, -0.05) is 16.1 Å². The van der Waals surface area contributed by atoms with Crippen LogP contribution in [0.25, 0.3) is 0 Å². The van der Waals surface area contributed by atoms with Gasteiger partial charge in [0.15, 0.2) is 0 Å². The number of amides is 1. The van der Waals surface area contributed by atoms with Crippen LogP contribution >= 0.6 is 23.1 Å². The number of carbonyl (C=O) groups is 1. The molecule has 8 nitrogen and oxygen atoms in total. The monoisotopic (exact) mass is 325 g/mol. The summed E-state index contributed by atoms with van der Waals surface area (Å²) in [5, 5.41) is 18.4. The Kier molecular flexibility index (Phi) is 4.55. The lowest BCUT2D eigenvalue weighted by Crippen LogP contribution is -2.17. The quantitative estimate of drug-likeness (QED) is 0.526. The van der Waals surface area contributed by atoms with Gasteiger partial charge >= 0.3 is 0 Å². The molecule has 2 rings (SSSR count). The molecule has 1 aromatic heterocycles. The Morgan fingerprint density at radius 2 is 2.33 bits per heavy atom. The summed E-state index contributed by atoms with van der Waals surface area (Å²) in [7, 11) is 0. The average Bonchev–Trinajstić information content (AvgIpc) is 2.86. The number of nitro benzene ring substituents is 1. The lowest BCUT2D eigenvalue weighted by atomic mass is 10.2. The number of nitrogens with one attached hydrogen (secondary N) is 1. The largest absolute Gasteiger partial charge is 0.285 e. The van der Waals surface area contributed by atoms with Crippen LogP contribution < -0.4 is 5.43 Å². The molecule has 0 unspecified atom stereocenters. The van der Waals surface area contributed by atoms with Crippen LogP contribution in [0, 0.1) is 17.0 Å². The van der Waals surface area contributed by atoms with E-state index in [1.54, 1.807) is 6.92 Å². The Balaban J connectivity index is 2.11. The van der Waals surface area contributed by atoms with Crippen molar-refractivity contribution in [2.45, 2.75) is 6.92 Å². The lowest BCUT2D eigenvalue weighted by molar-refractivity contribution is -0.384. The highest BCUT2D eigenvalue weighted by molar-refractivity contribution is 7.07. The fourth-order valence-electron chi connectivity index (χ4n) is 1.39. The number of nitro groups is 1. The molecule has 0 bridgehead atoms. The number of halogens is 1. The first-order valence-corrected chi connectivity index (χ1v) is 6.70. The molecule has 108 valence electrons. The second-order valence-corrected chi connectivity index (χ2v) is 5.01. The SMILES string of the molecule is Cc1nnsc1C(=O)N/N=C\c1cc([N+](=O)[O-])ccc1Cl. The summed E-state index contributed by atoms with van der Waals surface area (Å²) in [6.07, 6.45) is 1.23. The maximum Gasteiger partial charge on any atom is 0.285 e. The van der Waals surface area contributed by atoms with E-state index in [9.17, 15) is 14.9 Å². The normalized spacial score (nSPS) is 10.8. The number of aryl methyl sites for hydroxylation is 1. The number of hydrogen-bond acceptors (Lipinski definition) is 7. The molecule has 21 heavy (non-hydrogen) atoms. The van der Waals surface area contributed by atoms with Gasteiger partial charge in [0.05, 0.1) is 16.8 Å². The fourth-order valence-corrected chi connectivity index (χ4v) is 2.11. The van der Waals surface area contributed by atoms with Gasteiger partial charge in [-0.15, -0.1) is 5.10 Å². The highest BCUT2D eigenvalue weighted by atomic mass is 35.5. The molecule has 0 radical (unpaired) electrons. The molecule has 0 aliphatic heterocycles. The zero-order valence-corrected chi connectivity index (χ0v) is 12.2. The van der Waals surface area contributed by atoms with Gasteiger partial charge in [-0.05, 0) is 24.5 Å². The number of benzene rings is 1. The highest BCUT2D eigenvalue weighted by Crippen LogP contribution is 2.20. The summed E-state index contributed by atoms with van der Waals surface area (Å²) in [6, 6.07) is 3.93. The molecule has 0 saturated heterocycles. The van der Waals surface area contributed by atoms with E-state index < -0.39 is 10.8 Å². The van der Waals surface area contributed by atoms with Gasteiger partial charge in [-0.25, -0.2) is 5.43 Å². The Labute approximate surface area is 127 Å². The number of hydrazone groups is 1. The topological polar surface area (TPSA) is 110 Å². The van der Waals surface area contributed by atoms with E-state index in [2.05, 4.69) is 20.1 Å². The number of rotatable bonds is 4. The van der Waals surface area contributed by atoms with E-state index in [-0.39, 0.29) is 10.7 Å². The molecule has 0 spiro atoms. The van der Waals surface area contributed by atoms with Crippen LogP contribution in [-0.4, -0.2) is 26.6 Å². The van der Waals surface area contributed by atoms with Gasteiger partial charge in [-0.2, -0.15) is 5.10 Å². The van der Waals surface area contributed by atoms with Gasteiger partial charge < -0.3 is 0 Å². The Hall–Kier alpha value is -2.39. The van der Waals surface area contributed by atoms with Crippen molar-refractivity contribution in [1.29, 1.82) is 0 Å². The molecule has 10 heteroatoms. The van der Waals surface area contributed by atoms with E-state index in [4.69, 9.17) is 11.6 Å². The molecule has 1 N–H and O–H groups in total. The maximum absolute atomic E-state index is 11.7. The van der Waals surface area contributed by atoms with Crippen LogP contribution in [0.15, 0.2) is 23.3 Å². The summed E-state index contributed by atoms with van der Waals surface area (Å²) in [4.78, 5) is 22.2. The van der Waals surface area contributed by atoms with Gasteiger partial charge in [0.2, 0.25) is 0 Å². The van der Waals surface area contributed by atoms with Crippen molar-refractivity contribution in [2.75, 3.05) is 0 Å². The first-order valence-electron chi connectivity index (χ1n) is 5.55. The molecule has 0 atom stereocenters. The van der Waals surface area contributed by atoms with Crippen LogP contribution in [-0.2, 0) is 0 Å². The van der Waals surface area contributed by atoms with Crippen LogP contribution in [0.1, 0.15) is 20.9 Å². The van der Waals surface area contributed by atoms with Crippen molar-refractivity contribution in [2.24, 2.45) is 5.10 Å². The smallest absolute Gasteiger partial charge is 0.266 e. The minimum Gasteiger partial charge on any atom is -0.266 e. The zero-order chi connectivity index (χ0) is 15.4. The maximum atomic E-state index is 11.7. The summed E-state index contributed by atoms with van der Waals surface area (Å²) in [6.45, 7) is 1.65. The number of hydrogen-bond donors (Lipinski definition) is 1. The van der Waals surface area contributed by atoms with Crippen molar-refractivity contribution in [3.8, 4) is 0 Å². The first kappa shape index (κ1) is 15.0. The molecule has 2 aromatic rings. The van der Waals surface area contributed by atoms with E-state index in [0.29, 0.717) is 16.1 Å². The molecule has 1 amide bonds. The standard InChI is InChI=1S/C11H8ClN5O3S/c1-6-10(21-16-14-6)11(18)15-13-5-7-4-8(17(19)20)2-3-9(7)12/h2-5H,1H3,(H,15,18)/b13-5-. The molecule has 0 aliphatic carbocycles. The Morgan fingerprint density at radius 1 is 1.57 bits per heavy atom. The summed E-state index contributed by atoms with van der Waals surface area (Å²) < 4.78 is 3.64. The van der Waals surface area contributed by atoms with Gasteiger partial charge in [0.25, 0.3) is 11.6 Å². The Morgan fingerprint density at radius 3 is 2.95 bits per heavy atom. The second kappa shape index (κ2) is 6.37. The molecule has 1 heterocycles. The molecular weight excluding hydrogens is 318 g/mol. The van der Waals surface area contributed by atoms with Gasteiger partial charge in [0.1, 0.15) is 4.88 Å². The number of non-ortho nitro benzene ring substituents is 1. The third-order valence-corrected chi connectivity index (χ3v) is 3.59. The van der Waals surface area contributed by atoms with Crippen molar-refractivity contribution >= 4 is 40.9 Å². The van der Waals surface area contributed by atoms with Crippen molar-refractivity contribution in [3.05, 3.63) is 49.5 Å². The third kappa shape index (κ3) is 3.58. The minimum atomic E-state index is -0.543. The van der Waals surface area contributed by atoms with Gasteiger partial charge in [0, 0.05) is 22.7 Å². The molecule has 0 aliphatic rings. The predicted octanol–water partition coefficient (Wildman–Crippen LogP) is 2.17. The number of carbonyl (C=O) groups excluding carboxylic acids is 1. The second-order valence-electron chi connectivity index (χ2n) is 3.85. The highest BCUT2D eigenvalue weighted by Gasteiger charge is 2.12. The Bertz CT molecular complexity index is 730. The molecule has 1 aromatic carbocycles. The number of aromatic nitrogens is 2. The van der Waals surface area contributed by atoms with Crippen LogP contribution in [0.4, 0.5) is 5.69 Å². The minimum absolute atomic E-state index is 0.116. The van der Waals surface area contributed by atoms with Crippen LogP contribution in [0.5, 0.6) is 0 Å². The van der Waals surface area contributed by atoms with E-state index >= 15 is 0 Å². The van der Waals surface area contributed by atoms with Crippen LogP contribution in [0.2, 0.25) is 5.02 Å². The van der Waals surface area contributed by atoms with Crippen molar-refractivity contribution in [1.82, 2.24) is 15.0 Å². The van der Waals surface area contributed by atoms with Crippen LogP contribution in [0.3, 0.4) is 0 Å². The summed E-state index contributed by atoms with van der Waals surface area (Å²) in [5.41, 5.74) is 2.99. The summed E-state index contributed by atoms with van der Waals surface area (Å²) in [5.74, 6) is -0.458. The third-order valence-electron chi connectivity index (χ3n) is 2.42. The molecule has 0 saturated carbocycles. The zero-order valence-electron chi connectivity index (χ0n) is 10.6. The summed E-state index contributed by atoms with van der Waals surface area (Å²) >= 11 is 6.85. The van der Waals surface area contributed by atoms with Gasteiger partial charge in [-0.3, -0.25) is 14.9 Å².